The van der Waals surface area contributed by atoms with E-state index in [2.05, 4.69) is 38.7 Å². The number of rotatable bonds is 8. The third-order valence-corrected chi connectivity index (χ3v) is 4.42. The van der Waals surface area contributed by atoms with Crippen LogP contribution in [0.3, 0.4) is 0 Å². The van der Waals surface area contributed by atoms with E-state index in [1.54, 1.807) is 13.0 Å². The first-order valence-electron chi connectivity index (χ1n) is 8.97. The number of amides is 2. The van der Waals surface area contributed by atoms with Crippen LogP contribution in [0.15, 0.2) is 52.0 Å². The number of benzene rings is 2. The zero-order valence-electron chi connectivity index (χ0n) is 16.2. The molecule has 2 aromatic carbocycles. The van der Waals surface area contributed by atoms with Crippen LogP contribution in [0.25, 0.3) is 0 Å². The SMILES string of the molecule is CCc1ccc(NC(=O)C/C(C)=N\NC(=O)COc2ccc(Br)cc2C)cc1. The number of hydrogen-bond donors (Lipinski definition) is 2. The van der Waals surface area contributed by atoms with Crippen LogP contribution >= 0.6 is 15.9 Å². The second-order valence-electron chi connectivity index (χ2n) is 6.36. The first kappa shape index (κ1) is 21.6. The molecular formula is C21H24BrN3O3. The lowest BCUT2D eigenvalue weighted by Gasteiger charge is -2.09. The topological polar surface area (TPSA) is 79.8 Å². The summed E-state index contributed by atoms with van der Waals surface area (Å²) in [5, 5.41) is 6.76. The highest BCUT2D eigenvalue weighted by Gasteiger charge is 2.07. The van der Waals surface area contributed by atoms with Crippen LogP contribution in [0.1, 0.15) is 31.4 Å². The summed E-state index contributed by atoms with van der Waals surface area (Å²) < 4.78 is 6.43. The molecule has 0 aliphatic rings. The summed E-state index contributed by atoms with van der Waals surface area (Å²) in [5.41, 5.74) is 5.76. The molecule has 2 N–H and O–H groups in total. The molecular weight excluding hydrogens is 422 g/mol. The number of carbonyl (C=O) groups is 2. The Morgan fingerprint density at radius 2 is 1.82 bits per heavy atom. The van der Waals surface area contributed by atoms with E-state index in [9.17, 15) is 9.59 Å². The zero-order chi connectivity index (χ0) is 20.5. The summed E-state index contributed by atoms with van der Waals surface area (Å²) in [4.78, 5) is 23.9. The lowest BCUT2D eigenvalue weighted by atomic mass is 10.1. The van der Waals surface area contributed by atoms with E-state index in [1.807, 2.05) is 43.3 Å². The van der Waals surface area contributed by atoms with Crippen molar-refractivity contribution in [1.29, 1.82) is 0 Å². The number of nitrogens with one attached hydrogen (secondary N) is 2. The fourth-order valence-corrected chi connectivity index (χ4v) is 2.88. The molecule has 0 unspecified atom stereocenters. The van der Waals surface area contributed by atoms with Gasteiger partial charge in [-0.1, -0.05) is 35.0 Å². The average molecular weight is 446 g/mol. The molecule has 0 aromatic heterocycles. The third kappa shape index (κ3) is 7.15. The number of carbonyl (C=O) groups excluding carboxylic acids is 2. The lowest BCUT2D eigenvalue weighted by Crippen LogP contribution is -2.26. The van der Waals surface area contributed by atoms with Gasteiger partial charge in [0, 0.05) is 15.9 Å². The van der Waals surface area contributed by atoms with Crippen LogP contribution in [-0.2, 0) is 16.0 Å². The molecule has 0 atom stereocenters. The van der Waals surface area contributed by atoms with Crippen molar-refractivity contribution < 1.29 is 14.3 Å². The summed E-state index contributed by atoms with van der Waals surface area (Å²) in [6.07, 6.45) is 1.03. The van der Waals surface area contributed by atoms with Crippen LogP contribution in [0.2, 0.25) is 0 Å². The van der Waals surface area contributed by atoms with Crippen molar-refractivity contribution >= 4 is 39.1 Å². The second-order valence-corrected chi connectivity index (χ2v) is 7.27. The van der Waals surface area contributed by atoms with Crippen molar-refractivity contribution in [3.63, 3.8) is 0 Å². The smallest absolute Gasteiger partial charge is 0.277 e. The number of ether oxygens (including phenoxy) is 1. The predicted molar refractivity (Wildman–Crippen MR) is 115 cm³/mol. The van der Waals surface area contributed by atoms with Gasteiger partial charge in [-0.3, -0.25) is 9.59 Å². The first-order chi connectivity index (χ1) is 13.4. The van der Waals surface area contributed by atoms with E-state index in [4.69, 9.17) is 4.74 Å². The van der Waals surface area contributed by atoms with Crippen molar-refractivity contribution in [2.75, 3.05) is 11.9 Å². The van der Waals surface area contributed by atoms with Crippen LogP contribution in [-0.4, -0.2) is 24.1 Å². The van der Waals surface area contributed by atoms with Gasteiger partial charge in [0.05, 0.1) is 6.42 Å². The number of hydrazone groups is 1. The van der Waals surface area contributed by atoms with Gasteiger partial charge >= 0.3 is 0 Å². The number of hydrogen-bond acceptors (Lipinski definition) is 4. The summed E-state index contributed by atoms with van der Waals surface area (Å²) >= 11 is 3.38. The molecule has 2 aromatic rings. The molecule has 0 saturated heterocycles. The van der Waals surface area contributed by atoms with Crippen LogP contribution < -0.4 is 15.5 Å². The van der Waals surface area contributed by atoms with Crippen molar-refractivity contribution in [2.24, 2.45) is 5.10 Å². The molecule has 0 heterocycles. The highest BCUT2D eigenvalue weighted by molar-refractivity contribution is 9.10. The van der Waals surface area contributed by atoms with E-state index >= 15 is 0 Å². The Hall–Kier alpha value is -2.67. The number of nitrogens with zero attached hydrogens (tertiary/aromatic N) is 1. The van der Waals surface area contributed by atoms with Gasteiger partial charge in [-0.15, -0.1) is 0 Å². The van der Waals surface area contributed by atoms with E-state index < -0.39 is 5.91 Å². The van der Waals surface area contributed by atoms with E-state index in [0.717, 1.165) is 22.1 Å². The monoisotopic (exact) mass is 445 g/mol. The average Bonchev–Trinajstić information content (AvgIpc) is 2.66. The molecule has 0 aliphatic carbocycles. The van der Waals surface area contributed by atoms with Gasteiger partial charge in [-0.05, 0) is 61.7 Å². The maximum Gasteiger partial charge on any atom is 0.277 e. The minimum atomic E-state index is -0.391. The maximum absolute atomic E-state index is 12.1. The van der Waals surface area contributed by atoms with E-state index in [0.29, 0.717) is 11.5 Å². The molecule has 0 aliphatic heterocycles. The third-order valence-electron chi connectivity index (χ3n) is 3.93. The Kier molecular flexibility index (Phi) is 8.19. The van der Waals surface area contributed by atoms with Gasteiger partial charge in [0.1, 0.15) is 5.75 Å². The van der Waals surface area contributed by atoms with E-state index in [1.165, 1.54) is 5.56 Å². The van der Waals surface area contributed by atoms with Crippen LogP contribution in [0.4, 0.5) is 5.69 Å². The summed E-state index contributed by atoms with van der Waals surface area (Å²) in [7, 11) is 0. The first-order valence-corrected chi connectivity index (χ1v) is 9.76. The van der Waals surface area contributed by atoms with Gasteiger partial charge in [0.2, 0.25) is 5.91 Å². The summed E-state index contributed by atoms with van der Waals surface area (Å²) in [5.74, 6) is 0.0474. The van der Waals surface area contributed by atoms with Gasteiger partial charge in [0.15, 0.2) is 6.61 Å². The van der Waals surface area contributed by atoms with Gasteiger partial charge in [-0.2, -0.15) is 5.10 Å². The number of halogens is 1. The fourth-order valence-electron chi connectivity index (χ4n) is 2.41. The molecule has 0 spiro atoms. The minimum Gasteiger partial charge on any atom is -0.483 e. The van der Waals surface area contributed by atoms with E-state index in [-0.39, 0.29) is 18.9 Å². The van der Waals surface area contributed by atoms with Crippen molar-refractivity contribution in [3.05, 3.63) is 58.1 Å². The molecule has 2 rings (SSSR count). The predicted octanol–water partition coefficient (Wildman–Crippen LogP) is 4.22. The Morgan fingerprint density at radius 1 is 1.11 bits per heavy atom. The molecule has 6 nitrogen and oxygen atoms in total. The van der Waals surface area contributed by atoms with Crippen LogP contribution in [0, 0.1) is 6.92 Å². The largest absolute Gasteiger partial charge is 0.483 e. The molecule has 28 heavy (non-hydrogen) atoms. The zero-order valence-corrected chi connectivity index (χ0v) is 17.8. The number of anilines is 1. The van der Waals surface area contributed by atoms with Gasteiger partial charge < -0.3 is 10.1 Å². The summed E-state index contributed by atoms with van der Waals surface area (Å²) in [6, 6.07) is 13.2. The quantitative estimate of drug-likeness (QED) is 0.471. The van der Waals surface area contributed by atoms with Crippen molar-refractivity contribution in [2.45, 2.75) is 33.6 Å². The number of aryl methyl sites for hydroxylation is 2. The Labute approximate surface area is 173 Å². The molecule has 0 saturated carbocycles. The maximum atomic E-state index is 12.1. The minimum absolute atomic E-state index is 0.0858. The summed E-state index contributed by atoms with van der Waals surface area (Å²) in [6.45, 7) is 5.50. The normalized spacial score (nSPS) is 11.1. The molecule has 0 bridgehead atoms. The van der Waals surface area contributed by atoms with Gasteiger partial charge in [-0.25, -0.2) is 5.43 Å². The molecule has 2 amide bonds. The standard InChI is InChI=1S/C21H24BrN3O3/c1-4-16-5-8-18(9-6-16)23-20(26)12-15(3)24-25-21(27)13-28-19-10-7-17(22)11-14(19)2/h5-11H,4,12-13H2,1-3H3,(H,23,26)(H,25,27)/b24-15-. The highest BCUT2D eigenvalue weighted by atomic mass is 79.9. The van der Waals surface area contributed by atoms with Crippen molar-refractivity contribution in [3.8, 4) is 5.75 Å². The van der Waals surface area contributed by atoms with Crippen LogP contribution in [0.5, 0.6) is 5.75 Å². The molecule has 0 radical (unpaired) electrons. The van der Waals surface area contributed by atoms with Crippen molar-refractivity contribution in [1.82, 2.24) is 5.43 Å². The second kappa shape index (κ2) is 10.6. The lowest BCUT2D eigenvalue weighted by molar-refractivity contribution is -0.123. The Morgan fingerprint density at radius 3 is 2.46 bits per heavy atom. The fraction of sp³-hybridized carbons (Fsp3) is 0.286. The van der Waals surface area contributed by atoms with Gasteiger partial charge in [0.25, 0.3) is 5.91 Å². The molecule has 7 heteroatoms. The Bertz CT molecular complexity index is 864. The highest BCUT2D eigenvalue weighted by Crippen LogP contribution is 2.21. The molecule has 0 fully saturated rings. The molecule has 148 valence electrons. The Balaban J connectivity index is 1.77.